The van der Waals surface area contributed by atoms with E-state index in [1.165, 1.54) is 31.9 Å². The van der Waals surface area contributed by atoms with Crippen molar-refractivity contribution in [2.24, 2.45) is 0 Å². The van der Waals surface area contributed by atoms with Crippen molar-refractivity contribution in [3.8, 4) is 0 Å². The van der Waals surface area contributed by atoms with Crippen molar-refractivity contribution in [2.75, 3.05) is 5.32 Å². The normalized spacial score (nSPS) is 12.2. The Balaban J connectivity index is 2.64. The monoisotopic (exact) mass is 343 g/mol. The fourth-order valence-electron chi connectivity index (χ4n) is 2.04. The topological polar surface area (TPSA) is 68.1 Å². The summed E-state index contributed by atoms with van der Waals surface area (Å²) >= 11 is 3.39. The molecule has 0 aliphatic rings. The van der Waals surface area contributed by atoms with E-state index in [9.17, 15) is 10.1 Å². The molecule has 0 radical (unpaired) electrons. The summed E-state index contributed by atoms with van der Waals surface area (Å²) in [5, 5.41) is 14.1. The number of rotatable bonds is 8. The third-order valence-corrected chi connectivity index (χ3v) is 4.28. The van der Waals surface area contributed by atoms with Crippen molar-refractivity contribution in [3.05, 3.63) is 26.3 Å². The van der Waals surface area contributed by atoms with Crippen LogP contribution in [0.4, 0.5) is 11.5 Å². The highest BCUT2D eigenvalue weighted by Crippen LogP contribution is 2.31. The number of nitrogens with zero attached hydrogens (tertiary/aromatic N) is 2. The summed E-state index contributed by atoms with van der Waals surface area (Å²) in [6.45, 7) is 6.03. The molecule has 0 amide bonds. The van der Waals surface area contributed by atoms with E-state index < -0.39 is 4.92 Å². The summed E-state index contributed by atoms with van der Waals surface area (Å²) in [6.07, 6.45) is 7.32. The number of anilines is 1. The van der Waals surface area contributed by atoms with Crippen LogP contribution in [0.25, 0.3) is 0 Å². The molecule has 0 spiro atoms. The Labute approximate surface area is 128 Å². The lowest BCUT2D eigenvalue weighted by atomic mass is 10.1. The third kappa shape index (κ3) is 4.74. The Hall–Kier alpha value is -1.17. The van der Waals surface area contributed by atoms with Gasteiger partial charge in [0.2, 0.25) is 0 Å². The molecule has 1 atom stereocenters. The number of aromatic nitrogens is 1. The largest absolute Gasteiger partial charge is 0.367 e. The number of halogens is 1. The van der Waals surface area contributed by atoms with Crippen molar-refractivity contribution in [3.63, 3.8) is 0 Å². The molecule has 0 aliphatic carbocycles. The number of unbranched alkanes of at least 4 members (excludes halogenated alkanes) is 3. The van der Waals surface area contributed by atoms with E-state index in [1.807, 2.05) is 0 Å². The van der Waals surface area contributed by atoms with Gasteiger partial charge in [-0.3, -0.25) is 10.1 Å². The number of hydrogen-bond acceptors (Lipinski definition) is 4. The van der Waals surface area contributed by atoms with E-state index in [-0.39, 0.29) is 5.69 Å². The Morgan fingerprint density at radius 3 is 2.75 bits per heavy atom. The average molecular weight is 344 g/mol. The Morgan fingerprint density at radius 2 is 2.15 bits per heavy atom. The minimum atomic E-state index is -0.412. The van der Waals surface area contributed by atoms with Crippen molar-refractivity contribution < 1.29 is 4.92 Å². The van der Waals surface area contributed by atoms with Gasteiger partial charge in [-0.15, -0.1) is 0 Å². The first kappa shape index (κ1) is 16.9. The zero-order valence-electron chi connectivity index (χ0n) is 12.3. The van der Waals surface area contributed by atoms with Gasteiger partial charge in [-0.25, -0.2) is 4.98 Å². The number of hydrogen-bond donors (Lipinski definition) is 1. The molecule has 1 N–H and O–H groups in total. The fraction of sp³-hybridized carbons (Fsp3) is 0.643. The van der Waals surface area contributed by atoms with Gasteiger partial charge in [0.25, 0.3) is 5.69 Å². The first-order valence-electron chi connectivity index (χ1n) is 7.03. The third-order valence-electron chi connectivity index (χ3n) is 3.31. The average Bonchev–Trinajstić information content (AvgIpc) is 2.40. The number of pyridine rings is 1. The number of nitrogens with one attached hydrogen (secondary N) is 1. The molecule has 1 unspecified atom stereocenters. The molecule has 0 aromatic carbocycles. The molecule has 0 bridgehead atoms. The fourth-order valence-corrected chi connectivity index (χ4v) is 2.46. The van der Waals surface area contributed by atoms with E-state index in [0.29, 0.717) is 21.9 Å². The second-order valence-electron chi connectivity index (χ2n) is 5.08. The summed E-state index contributed by atoms with van der Waals surface area (Å²) in [5.74, 6) is 0.677. The quantitative estimate of drug-likeness (QED) is 0.417. The maximum Gasteiger partial charge on any atom is 0.291 e. The Kier molecular flexibility index (Phi) is 6.91. The second kappa shape index (κ2) is 8.19. The van der Waals surface area contributed by atoms with E-state index in [4.69, 9.17) is 0 Å². The van der Waals surface area contributed by atoms with Crippen LogP contribution in [-0.4, -0.2) is 15.9 Å². The minimum absolute atomic E-state index is 0.0398. The first-order valence-corrected chi connectivity index (χ1v) is 7.82. The van der Waals surface area contributed by atoms with Crippen molar-refractivity contribution in [1.82, 2.24) is 4.98 Å². The molecule has 1 rings (SSSR count). The Bertz CT molecular complexity index is 466. The molecule has 5 nitrogen and oxygen atoms in total. The van der Waals surface area contributed by atoms with Crippen molar-refractivity contribution >= 4 is 27.4 Å². The van der Waals surface area contributed by atoms with Gasteiger partial charge >= 0.3 is 0 Å². The predicted octanol–water partition coefficient (Wildman–Crippen LogP) is 4.83. The van der Waals surface area contributed by atoms with E-state index in [0.717, 1.165) is 6.42 Å². The van der Waals surface area contributed by atoms with Gasteiger partial charge in [0, 0.05) is 11.6 Å². The lowest BCUT2D eigenvalue weighted by Crippen LogP contribution is -2.16. The molecule has 1 aromatic rings. The molecule has 0 saturated heterocycles. The van der Waals surface area contributed by atoms with Gasteiger partial charge in [0.05, 0.1) is 9.40 Å². The van der Waals surface area contributed by atoms with Crippen LogP contribution >= 0.6 is 15.9 Å². The molecule has 0 saturated carbocycles. The van der Waals surface area contributed by atoms with E-state index >= 15 is 0 Å². The summed E-state index contributed by atoms with van der Waals surface area (Å²) in [5.41, 5.74) is 0.642. The SMILES string of the molecule is CCCCCCC(C)Nc1ncc([N+](=O)[O-])c(C)c1Br. The molecule has 0 aliphatic heterocycles. The lowest BCUT2D eigenvalue weighted by Gasteiger charge is -2.16. The summed E-state index contributed by atoms with van der Waals surface area (Å²) in [7, 11) is 0. The lowest BCUT2D eigenvalue weighted by molar-refractivity contribution is -0.385. The van der Waals surface area contributed by atoms with Crippen LogP contribution in [0.15, 0.2) is 10.7 Å². The van der Waals surface area contributed by atoms with Gasteiger partial charge < -0.3 is 5.32 Å². The van der Waals surface area contributed by atoms with E-state index in [2.05, 4.69) is 40.1 Å². The van der Waals surface area contributed by atoms with Crippen LogP contribution in [0.1, 0.15) is 51.5 Å². The first-order chi connectivity index (χ1) is 9.47. The highest BCUT2D eigenvalue weighted by molar-refractivity contribution is 9.10. The van der Waals surface area contributed by atoms with Gasteiger partial charge in [0.1, 0.15) is 12.0 Å². The van der Waals surface area contributed by atoms with E-state index in [1.54, 1.807) is 6.92 Å². The van der Waals surface area contributed by atoms with Crippen LogP contribution in [0.2, 0.25) is 0 Å². The molecule has 6 heteroatoms. The molecular formula is C14H22BrN3O2. The molecule has 112 valence electrons. The second-order valence-corrected chi connectivity index (χ2v) is 5.88. The van der Waals surface area contributed by atoms with Crippen LogP contribution in [0, 0.1) is 17.0 Å². The molecule has 20 heavy (non-hydrogen) atoms. The zero-order chi connectivity index (χ0) is 15.1. The number of nitro groups is 1. The maximum atomic E-state index is 10.8. The summed E-state index contributed by atoms with van der Waals surface area (Å²) in [6, 6.07) is 0.302. The van der Waals surface area contributed by atoms with Gasteiger partial charge in [-0.1, -0.05) is 32.6 Å². The standard InChI is InChI=1S/C14H22BrN3O2/c1-4-5-6-7-8-10(2)17-14-13(15)11(3)12(9-16-14)18(19)20/h9-10H,4-8H2,1-3H3,(H,16,17). The van der Waals surface area contributed by atoms with Crippen LogP contribution < -0.4 is 5.32 Å². The molecule has 1 aromatic heterocycles. The highest BCUT2D eigenvalue weighted by Gasteiger charge is 2.17. The predicted molar refractivity (Wildman–Crippen MR) is 85.2 cm³/mol. The van der Waals surface area contributed by atoms with Crippen molar-refractivity contribution in [1.29, 1.82) is 0 Å². The van der Waals surface area contributed by atoms with Gasteiger partial charge in [-0.05, 0) is 36.2 Å². The van der Waals surface area contributed by atoms with Crippen LogP contribution in [0.3, 0.4) is 0 Å². The van der Waals surface area contributed by atoms with Gasteiger partial charge in [0.15, 0.2) is 0 Å². The smallest absolute Gasteiger partial charge is 0.291 e. The molecular weight excluding hydrogens is 322 g/mol. The zero-order valence-corrected chi connectivity index (χ0v) is 13.9. The molecule has 0 fully saturated rings. The summed E-state index contributed by atoms with van der Waals surface area (Å²) < 4.78 is 0.673. The van der Waals surface area contributed by atoms with Crippen LogP contribution in [-0.2, 0) is 0 Å². The van der Waals surface area contributed by atoms with Crippen LogP contribution in [0.5, 0.6) is 0 Å². The molecule has 1 heterocycles. The summed E-state index contributed by atoms with van der Waals surface area (Å²) in [4.78, 5) is 14.6. The Morgan fingerprint density at radius 1 is 1.45 bits per heavy atom. The minimum Gasteiger partial charge on any atom is -0.367 e. The van der Waals surface area contributed by atoms with Gasteiger partial charge in [-0.2, -0.15) is 0 Å². The highest BCUT2D eigenvalue weighted by atomic mass is 79.9. The maximum absolute atomic E-state index is 10.8. The van der Waals surface area contributed by atoms with Crippen molar-refractivity contribution in [2.45, 2.75) is 58.9 Å².